The average Bonchev–Trinajstić information content (AvgIpc) is 2.68. The summed E-state index contributed by atoms with van der Waals surface area (Å²) in [7, 11) is 0. The molecule has 0 spiro atoms. The van der Waals surface area contributed by atoms with Gasteiger partial charge < -0.3 is 10.4 Å². The number of carboxylic acid groups (broad SMARTS) is 1. The van der Waals surface area contributed by atoms with Gasteiger partial charge in [0, 0.05) is 11.1 Å². The zero-order chi connectivity index (χ0) is 18.5. The van der Waals surface area contributed by atoms with E-state index < -0.39 is 17.8 Å². The summed E-state index contributed by atoms with van der Waals surface area (Å²) < 4.78 is 0. The van der Waals surface area contributed by atoms with Gasteiger partial charge >= 0.3 is 5.97 Å². The molecule has 2 aromatic rings. The Hall–Kier alpha value is -2.95. The second-order valence-electron chi connectivity index (χ2n) is 6.57. The number of amides is 1. The first-order valence-corrected chi connectivity index (χ1v) is 8.80. The molecular weight excluding hydrogens is 330 g/mol. The van der Waals surface area contributed by atoms with Crippen LogP contribution in [0, 0.1) is 11.8 Å². The minimum Gasteiger partial charge on any atom is -0.481 e. The van der Waals surface area contributed by atoms with Crippen LogP contribution < -0.4 is 5.32 Å². The van der Waals surface area contributed by atoms with Gasteiger partial charge in [-0.2, -0.15) is 0 Å². The van der Waals surface area contributed by atoms with Crippen molar-refractivity contribution in [3.05, 3.63) is 65.7 Å². The Morgan fingerprint density at radius 2 is 1.46 bits per heavy atom. The average molecular weight is 351 g/mol. The number of carbonyl (C=O) groups is 3. The predicted molar refractivity (Wildman–Crippen MR) is 98.0 cm³/mol. The van der Waals surface area contributed by atoms with Crippen LogP contribution in [0.1, 0.15) is 41.6 Å². The highest BCUT2D eigenvalue weighted by molar-refractivity contribution is 6.14. The van der Waals surface area contributed by atoms with Crippen LogP contribution in [0.5, 0.6) is 0 Å². The van der Waals surface area contributed by atoms with E-state index in [1.54, 1.807) is 48.5 Å². The third-order valence-corrected chi connectivity index (χ3v) is 4.89. The number of hydrogen-bond acceptors (Lipinski definition) is 3. The summed E-state index contributed by atoms with van der Waals surface area (Å²) in [4.78, 5) is 36.9. The first-order chi connectivity index (χ1) is 12.6. The summed E-state index contributed by atoms with van der Waals surface area (Å²) in [5.41, 5.74) is 1.35. The maximum Gasteiger partial charge on any atom is 0.307 e. The summed E-state index contributed by atoms with van der Waals surface area (Å²) in [6.45, 7) is 0. The second-order valence-corrected chi connectivity index (χ2v) is 6.57. The first kappa shape index (κ1) is 17.9. The lowest BCUT2D eigenvalue weighted by atomic mass is 9.78. The Morgan fingerprint density at radius 1 is 0.846 bits per heavy atom. The Bertz CT molecular complexity index is 816. The van der Waals surface area contributed by atoms with Gasteiger partial charge in [0.25, 0.3) is 0 Å². The molecule has 0 heterocycles. The Balaban J connectivity index is 1.83. The number of benzene rings is 2. The van der Waals surface area contributed by atoms with Gasteiger partial charge in [0.05, 0.1) is 17.5 Å². The summed E-state index contributed by atoms with van der Waals surface area (Å²) in [5.74, 6) is -2.68. The lowest BCUT2D eigenvalue weighted by Crippen LogP contribution is -2.36. The lowest BCUT2D eigenvalue weighted by Gasteiger charge is -2.27. The van der Waals surface area contributed by atoms with Crippen molar-refractivity contribution < 1.29 is 19.5 Å². The van der Waals surface area contributed by atoms with Crippen LogP contribution in [0.25, 0.3) is 0 Å². The van der Waals surface area contributed by atoms with Crippen LogP contribution in [0.2, 0.25) is 0 Å². The number of hydrogen-bond donors (Lipinski definition) is 2. The summed E-state index contributed by atoms with van der Waals surface area (Å²) in [5, 5.41) is 12.2. The van der Waals surface area contributed by atoms with Crippen LogP contribution in [0.4, 0.5) is 5.69 Å². The quantitative estimate of drug-likeness (QED) is 0.804. The molecule has 1 aliphatic carbocycles. The van der Waals surface area contributed by atoms with Crippen molar-refractivity contribution >= 4 is 23.3 Å². The van der Waals surface area contributed by atoms with E-state index in [2.05, 4.69) is 5.32 Å². The molecule has 0 bridgehead atoms. The number of aliphatic carboxylic acids is 1. The normalized spacial score (nSPS) is 19.5. The van der Waals surface area contributed by atoms with E-state index in [0.717, 1.165) is 12.8 Å². The standard InChI is InChI=1S/C21H21NO4/c23-19(14-8-2-1-3-9-14)17-12-6-7-13-18(17)22-20(24)15-10-4-5-11-16(15)21(25)26/h1-3,6-9,12-13,15-16H,4-5,10-11H2,(H,22,24)(H,25,26)/t15-,16-/m0/s1. The lowest BCUT2D eigenvalue weighted by molar-refractivity contribution is -0.147. The third kappa shape index (κ3) is 3.82. The number of rotatable bonds is 5. The molecule has 2 atom stereocenters. The molecular formula is C21H21NO4. The van der Waals surface area contributed by atoms with Crippen LogP contribution in [-0.2, 0) is 9.59 Å². The fourth-order valence-corrected chi connectivity index (χ4v) is 3.50. The molecule has 0 saturated heterocycles. The topological polar surface area (TPSA) is 83.5 Å². The first-order valence-electron chi connectivity index (χ1n) is 8.80. The molecule has 0 aliphatic heterocycles. The second kappa shape index (κ2) is 7.95. The molecule has 0 aromatic heterocycles. The number of carbonyl (C=O) groups excluding carboxylic acids is 2. The molecule has 0 radical (unpaired) electrons. The number of carboxylic acids is 1. The van der Waals surface area contributed by atoms with Gasteiger partial charge in [0.1, 0.15) is 0 Å². The van der Waals surface area contributed by atoms with Gasteiger partial charge in [-0.05, 0) is 25.0 Å². The molecule has 3 rings (SSSR count). The monoisotopic (exact) mass is 351 g/mol. The van der Waals surface area contributed by atoms with Crippen molar-refractivity contribution in [1.29, 1.82) is 0 Å². The van der Waals surface area contributed by atoms with Crippen LogP contribution in [-0.4, -0.2) is 22.8 Å². The third-order valence-electron chi connectivity index (χ3n) is 4.89. The molecule has 1 saturated carbocycles. The van der Waals surface area contributed by atoms with Crippen molar-refractivity contribution in [2.24, 2.45) is 11.8 Å². The van der Waals surface area contributed by atoms with Gasteiger partial charge in [-0.25, -0.2) is 0 Å². The highest BCUT2D eigenvalue weighted by Gasteiger charge is 2.36. The minimum absolute atomic E-state index is 0.181. The van der Waals surface area contributed by atoms with E-state index in [1.807, 2.05) is 6.07 Å². The number of nitrogens with one attached hydrogen (secondary N) is 1. The molecule has 1 aliphatic rings. The summed E-state index contributed by atoms with van der Waals surface area (Å²) in [6.07, 6.45) is 2.73. The smallest absolute Gasteiger partial charge is 0.307 e. The fraction of sp³-hybridized carbons (Fsp3) is 0.286. The highest BCUT2D eigenvalue weighted by atomic mass is 16.4. The van der Waals surface area contributed by atoms with Crippen molar-refractivity contribution in [3.8, 4) is 0 Å². The van der Waals surface area contributed by atoms with Gasteiger partial charge in [-0.1, -0.05) is 55.3 Å². The van der Waals surface area contributed by atoms with E-state index >= 15 is 0 Å². The molecule has 2 N–H and O–H groups in total. The van der Waals surface area contributed by atoms with Gasteiger partial charge in [0.15, 0.2) is 5.78 Å². The Kier molecular flexibility index (Phi) is 5.46. The summed E-state index contributed by atoms with van der Waals surface area (Å²) >= 11 is 0. The maximum atomic E-state index is 12.8. The molecule has 5 heteroatoms. The molecule has 1 amide bonds. The van der Waals surface area contributed by atoms with Crippen molar-refractivity contribution in [3.63, 3.8) is 0 Å². The summed E-state index contributed by atoms with van der Waals surface area (Å²) in [6, 6.07) is 15.7. The number of ketones is 1. The largest absolute Gasteiger partial charge is 0.481 e. The molecule has 1 fully saturated rings. The van der Waals surface area contributed by atoms with Gasteiger partial charge in [-0.15, -0.1) is 0 Å². The van der Waals surface area contributed by atoms with E-state index in [4.69, 9.17) is 0 Å². The van der Waals surface area contributed by atoms with E-state index in [0.29, 0.717) is 29.7 Å². The van der Waals surface area contributed by atoms with Crippen LogP contribution >= 0.6 is 0 Å². The Morgan fingerprint density at radius 3 is 2.15 bits per heavy atom. The van der Waals surface area contributed by atoms with Crippen molar-refractivity contribution in [1.82, 2.24) is 0 Å². The number of para-hydroxylation sites is 1. The minimum atomic E-state index is -0.932. The van der Waals surface area contributed by atoms with Gasteiger partial charge in [0.2, 0.25) is 5.91 Å². The highest BCUT2D eigenvalue weighted by Crippen LogP contribution is 2.32. The molecule has 0 unspecified atom stereocenters. The molecule has 5 nitrogen and oxygen atoms in total. The van der Waals surface area contributed by atoms with Crippen LogP contribution in [0.15, 0.2) is 54.6 Å². The van der Waals surface area contributed by atoms with E-state index in [-0.39, 0.29) is 11.7 Å². The Labute approximate surface area is 152 Å². The molecule has 26 heavy (non-hydrogen) atoms. The van der Waals surface area contributed by atoms with Crippen LogP contribution in [0.3, 0.4) is 0 Å². The zero-order valence-electron chi connectivity index (χ0n) is 14.4. The number of anilines is 1. The maximum absolute atomic E-state index is 12.8. The van der Waals surface area contributed by atoms with E-state index in [1.165, 1.54) is 0 Å². The fourth-order valence-electron chi connectivity index (χ4n) is 3.50. The molecule has 2 aromatic carbocycles. The molecule has 134 valence electrons. The zero-order valence-corrected chi connectivity index (χ0v) is 14.4. The van der Waals surface area contributed by atoms with Crippen molar-refractivity contribution in [2.75, 3.05) is 5.32 Å². The van der Waals surface area contributed by atoms with E-state index in [9.17, 15) is 19.5 Å². The predicted octanol–water partition coefficient (Wildman–Crippen LogP) is 3.75. The SMILES string of the molecule is O=C(c1ccccc1)c1ccccc1NC(=O)[C@H]1CCCC[C@@H]1C(=O)O. The van der Waals surface area contributed by atoms with Gasteiger partial charge in [-0.3, -0.25) is 14.4 Å². The van der Waals surface area contributed by atoms with Crippen molar-refractivity contribution in [2.45, 2.75) is 25.7 Å².